The van der Waals surface area contributed by atoms with Gasteiger partial charge in [-0.1, -0.05) is 41.9 Å². The molecule has 0 amide bonds. The first kappa shape index (κ1) is 16.2. The van der Waals surface area contributed by atoms with Crippen molar-refractivity contribution in [3.63, 3.8) is 0 Å². The monoisotopic (exact) mass is 361 g/mol. The van der Waals surface area contributed by atoms with Crippen molar-refractivity contribution in [2.24, 2.45) is 0 Å². The minimum atomic E-state index is -0.433. The Labute approximate surface area is 153 Å². The van der Waals surface area contributed by atoms with E-state index in [1.807, 2.05) is 36.4 Å². The van der Waals surface area contributed by atoms with Crippen molar-refractivity contribution in [3.8, 4) is 11.8 Å². The Hall–Kier alpha value is -3.29. The van der Waals surface area contributed by atoms with E-state index in [4.69, 9.17) is 26.0 Å². The van der Waals surface area contributed by atoms with Crippen molar-refractivity contribution in [2.45, 2.75) is 6.61 Å². The highest BCUT2D eigenvalue weighted by Crippen LogP contribution is 2.30. The molecule has 0 aliphatic rings. The second kappa shape index (κ2) is 6.55. The molecular formula is C21H12ClNO3. The van der Waals surface area contributed by atoms with Gasteiger partial charge in [-0.3, -0.25) is 0 Å². The highest BCUT2D eigenvalue weighted by Gasteiger charge is 2.11. The number of benzene rings is 3. The molecule has 0 N–H and O–H groups in total. The maximum Gasteiger partial charge on any atom is 0.336 e. The van der Waals surface area contributed by atoms with Gasteiger partial charge >= 0.3 is 5.63 Å². The molecule has 4 rings (SSSR count). The van der Waals surface area contributed by atoms with E-state index in [-0.39, 0.29) is 6.61 Å². The number of rotatable bonds is 3. The van der Waals surface area contributed by atoms with Crippen LogP contribution in [0.15, 0.2) is 69.9 Å². The predicted octanol–water partition coefficient (Wildman–Crippen LogP) is 5.05. The van der Waals surface area contributed by atoms with Crippen LogP contribution in [0.3, 0.4) is 0 Å². The van der Waals surface area contributed by atoms with Crippen molar-refractivity contribution in [1.29, 1.82) is 5.26 Å². The molecule has 4 aromatic rings. The molecule has 4 nitrogen and oxygen atoms in total. The Kier molecular flexibility index (Phi) is 4.08. The summed E-state index contributed by atoms with van der Waals surface area (Å²) in [7, 11) is 0. The number of fused-ring (bicyclic) bond motifs is 3. The summed E-state index contributed by atoms with van der Waals surface area (Å²) in [5.41, 5.74) is 1.26. The van der Waals surface area contributed by atoms with E-state index >= 15 is 0 Å². The van der Waals surface area contributed by atoms with Crippen LogP contribution in [0.4, 0.5) is 0 Å². The summed E-state index contributed by atoms with van der Waals surface area (Å²) in [6.07, 6.45) is 0. The zero-order valence-corrected chi connectivity index (χ0v) is 14.3. The van der Waals surface area contributed by atoms with Gasteiger partial charge in [0, 0.05) is 17.0 Å². The zero-order valence-electron chi connectivity index (χ0n) is 13.5. The van der Waals surface area contributed by atoms with Gasteiger partial charge in [0.15, 0.2) is 0 Å². The lowest BCUT2D eigenvalue weighted by atomic mass is 10.0. The number of ether oxygens (including phenoxy) is 1. The van der Waals surface area contributed by atoms with Crippen molar-refractivity contribution in [1.82, 2.24) is 0 Å². The Balaban J connectivity index is 1.80. The largest absolute Gasteiger partial charge is 0.487 e. The number of hydrogen-bond donors (Lipinski definition) is 0. The first-order valence-electron chi connectivity index (χ1n) is 7.92. The summed E-state index contributed by atoms with van der Waals surface area (Å²) in [4.78, 5) is 11.9. The number of hydrogen-bond acceptors (Lipinski definition) is 4. The molecule has 126 valence electrons. The molecule has 0 aliphatic carbocycles. The van der Waals surface area contributed by atoms with Gasteiger partial charge in [-0.05, 0) is 35.0 Å². The molecule has 0 bridgehead atoms. The molecule has 1 aromatic heterocycles. The SMILES string of the molecule is N#Cc1ccc(OCc2cc(=O)oc3ccc4ccccc4c23)c(Cl)c1. The molecule has 26 heavy (non-hydrogen) atoms. The van der Waals surface area contributed by atoms with Crippen LogP contribution in [-0.4, -0.2) is 0 Å². The smallest absolute Gasteiger partial charge is 0.336 e. The number of halogens is 1. The van der Waals surface area contributed by atoms with Crippen LogP contribution in [0.1, 0.15) is 11.1 Å². The lowest BCUT2D eigenvalue weighted by Gasteiger charge is -2.11. The van der Waals surface area contributed by atoms with E-state index in [9.17, 15) is 4.79 Å². The van der Waals surface area contributed by atoms with Crippen molar-refractivity contribution in [3.05, 3.63) is 87.2 Å². The highest BCUT2D eigenvalue weighted by atomic mass is 35.5. The third kappa shape index (κ3) is 2.90. The second-order valence-electron chi connectivity index (χ2n) is 5.80. The third-order valence-electron chi connectivity index (χ3n) is 4.16. The van der Waals surface area contributed by atoms with Gasteiger partial charge in [0.25, 0.3) is 0 Å². The summed E-state index contributed by atoms with van der Waals surface area (Å²) in [5, 5.41) is 12.1. The Morgan fingerprint density at radius 2 is 1.92 bits per heavy atom. The zero-order chi connectivity index (χ0) is 18.1. The van der Waals surface area contributed by atoms with Crippen LogP contribution in [0, 0.1) is 11.3 Å². The van der Waals surface area contributed by atoms with Gasteiger partial charge in [-0.25, -0.2) is 4.79 Å². The summed E-state index contributed by atoms with van der Waals surface area (Å²) in [5.74, 6) is 0.451. The molecule has 0 radical (unpaired) electrons. The lowest BCUT2D eigenvalue weighted by Crippen LogP contribution is -2.04. The van der Waals surface area contributed by atoms with Crippen molar-refractivity contribution in [2.75, 3.05) is 0 Å². The maximum absolute atomic E-state index is 11.9. The van der Waals surface area contributed by atoms with Crippen LogP contribution in [0.25, 0.3) is 21.7 Å². The van der Waals surface area contributed by atoms with Gasteiger partial charge in [0.1, 0.15) is 17.9 Å². The summed E-state index contributed by atoms with van der Waals surface area (Å²) in [6, 6.07) is 19.9. The van der Waals surface area contributed by atoms with E-state index < -0.39 is 5.63 Å². The number of nitrogens with zero attached hydrogens (tertiary/aromatic N) is 1. The van der Waals surface area contributed by atoms with E-state index in [2.05, 4.69) is 0 Å². The minimum Gasteiger partial charge on any atom is -0.487 e. The second-order valence-corrected chi connectivity index (χ2v) is 6.20. The summed E-state index contributed by atoms with van der Waals surface area (Å²) < 4.78 is 11.2. The first-order chi connectivity index (χ1) is 12.7. The molecule has 0 spiro atoms. The first-order valence-corrected chi connectivity index (χ1v) is 8.30. The standard InChI is InChI=1S/C21H12ClNO3/c22-17-9-13(11-23)5-7-18(17)25-12-15-10-20(24)26-19-8-6-14-3-1-2-4-16(14)21(15)19/h1-10H,12H2. The predicted molar refractivity (Wildman–Crippen MR) is 100 cm³/mol. The lowest BCUT2D eigenvalue weighted by molar-refractivity contribution is 0.307. The van der Waals surface area contributed by atoms with E-state index in [0.29, 0.717) is 27.5 Å². The molecule has 0 unspecified atom stereocenters. The van der Waals surface area contributed by atoms with Crippen molar-refractivity contribution >= 4 is 33.3 Å². The molecule has 0 saturated carbocycles. The highest BCUT2D eigenvalue weighted by molar-refractivity contribution is 6.32. The molecular weight excluding hydrogens is 350 g/mol. The van der Waals surface area contributed by atoms with Gasteiger partial charge < -0.3 is 9.15 Å². The van der Waals surface area contributed by atoms with Gasteiger partial charge in [0.05, 0.1) is 16.7 Å². The molecule has 0 aliphatic heterocycles. The van der Waals surface area contributed by atoms with Crippen LogP contribution in [-0.2, 0) is 6.61 Å². The molecule has 0 fully saturated rings. The summed E-state index contributed by atoms with van der Waals surface area (Å²) >= 11 is 6.16. The quantitative estimate of drug-likeness (QED) is 0.378. The van der Waals surface area contributed by atoms with Crippen LogP contribution >= 0.6 is 11.6 Å². The average molecular weight is 362 g/mol. The molecule has 0 saturated heterocycles. The summed E-state index contributed by atoms with van der Waals surface area (Å²) in [6.45, 7) is 0.154. The van der Waals surface area contributed by atoms with Crippen LogP contribution < -0.4 is 10.4 Å². The fourth-order valence-corrected chi connectivity index (χ4v) is 3.21. The van der Waals surface area contributed by atoms with Crippen molar-refractivity contribution < 1.29 is 9.15 Å². The van der Waals surface area contributed by atoms with Crippen LogP contribution in [0.5, 0.6) is 5.75 Å². The third-order valence-corrected chi connectivity index (χ3v) is 4.45. The van der Waals surface area contributed by atoms with Crippen LogP contribution in [0.2, 0.25) is 5.02 Å². The molecule has 3 aromatic carbocycles. The maximum atomic E-state index is 11.9. The fraction of sp³-hybridized carbons (Fsp3) is 0.0476. The molecule has 5 heteroatoms. The Bertz CT molecular complexity index is 1240. The normalized spacial score (nSPS) is 10.8. The fourth-order valence-electron chi connectivity index (χ4n) is 2.98. The molecule has 0 atom stereocenters. The van der Waals surface area contributed by atoms with E-state index in [1.54, 1.807) is 24.3 Å². The molecule has 1 heterocycles. The van der Waals surface area contributed by atoms with E-state index in [1.165, 1.54) is 6.07 Å². The topological polar surface area (TPSA) is 63.2 Å². The van der Waals surface area contributed by atoms with Gasteiger partial charge in [-0.15, -0.1) is 0 Å². The van der Waals surface area contributed by atoms with Gasteiger partial charge in [-0.2, -0.15) is 5.26 Å². The van der Waals surface area contributed by atoms with Gasteiger partial charge in [0.2, 0.25) is 0 Å². The minimum absolute atomic E-state index is 0.154. The average Bonchev–Trinajstić information content (AvgIpc) is 2.66. The van der Waals surface area contributed by atoms with E-state index in [0.717, 1.165) is 16.2 Å². The Morgan fingerprint density at radius 3 is 2.73 bits per heavy atom. The Morgan fingerprint density at radius 1 is 1.08 bits per heavy atom. The number of nitriles is 1.